The third-order valence-electron chi connectivity index (χ3n) is 3.36. The molecule has 0 aromatic rings. The molecule has 0 radical (unpaired) electrons. The number of rotatable bonds is 3. The van der Waals surface area contributed by atoms with E-state index >= 15 is 0 Å². The average molecular weight is 224 g/mol. The van der Waals surface area contributed by atoms with E-state index in [0.717, 1.165) is 19.1 Å². The molecule has 1 heterocycles. The van der Waals surface area contributed by atoms with E-state index in [4.69, 9.17) is 9.47 Å². The molecule has 1 saturated heterocycles. The predicted octanol–water partition coefficient (Wildman–Crippen LogP) is 2.31. The molecule has 3 nitrogen and oxygen atoms in total. The summed E-state index contributed by atoms with van der Waals surface area (Å²) in [6.45, 7) is 5.66. The Morgan fingerprint density at radius 3 is 2.31 bits per heavy atom. The standard InChI is InChI=1S/C13H20O3/c1-12(2)9-15-11(16-10-12)7-13(8-14)5-3-4-6-13/h3-4,8,11H,5-7,9-10H2,1-2H3. The zero-order chi connectivity index (χ0) is 11.6. The molecular weight excluding hydrogens is 204 g/mol. The molecular formula is C13H20O3. The number of hydrogen-bond donors (Lipinski definition) is 0. The first-order valence-corrected chi connectivity index (χ1v) is 5.90. The molecule has 0 aromatic heterocycles. The number of aldehydes is 1. The van der Waals surface area contributed by atoms with Crippen molar-refractivity contribution in [1.82, 2.24) is 0 Å². The number of carbonyl (C=O) groups is 1. The van der Waals surface area contributed by atoms with E-state index in [2.05, 4.69) is 26.0 Å². The Morgan fingerprint density at radius 2 is 1.81 bits per heavy atom. The molecule has 0 aromatic carbocycles. The third-order valence-corrected chi connectivity index (χ3v) is 3.36. The van der Waals surface area contributed by atoms with Gasteiger partial charge in [-0.1, -0.05) is 26.0 Å². The molecule has 0 unspecified atom stereocenters. The SMILES string of the molecule is CC1(C)COC(CC2(C=O)CC=CC2)OC1. The molecule has 2 rings (SSSR count). The minimum atomic E-state index is -0.272. The second kappa shape index (κ2) is 4.30. The van der Waals surface area contributed by atoms with Gasteiger partial charge in [-0.3, -0.25) is 0 Å². The zero-order valence-electron chi connectivity index (χ0n) is 10.1. The van der Waals surface area contributed by atoms with E-state index in [9.17, 15) is 4.79 Å². The number of allylic oxidation sites excluding steroid dienone is 2. The van der Waals surface area contributed by atoms with Crippen molar-refractivity contribution in [2.24, 2.45) is 10.8 Å². The number of ether oxygens (including phenoxy) is 2. The predicted molar refractivity (Wildman–Crippen MR) is 61.0 cm³/mol. The van der Waals surface area contributed by atoms with Gasteiger partial charge in [-0.15, -0.1) is 0 Å². The fourth-order valence-electron chi connectivity index (χ4n) is 2.21. The molecule has 0 saturated carbocycles. The van der Waals surface area contributed by atoms with Crippen LogP contribution in [-0.2, 0) is 14.3 Å². The molecule has 1 aliphatic heterocycles. The molecule has 0 N–H and O–H groups in total. The molecule has 1 aliphatic carbocycles. The van der Waals surface area contributed by atoms with Gasteiger partial charge in [-0.25, -0.2) is 0 Å². The molecule has 90 valence electrons. The summed E-state index contributed by atoms with van der Waals surface area (Å²) in [5, 5.41) is 0. The van der Waals surface area contributed by atoms with Crippen molar-refractivity contribution >= 4 is 6.29 Å². The van der Waals surface area contributed by atoms with Crippen LogP contribution in [0.4, 0.5) is 0 Å². The largest absolute Gasteiger partial charge is 0.352 e. The molecule has 2 aliphatic rings. The molecule has 0 atom stereocenters. The summed E-state index contributed by atoms with van der Waals surface area (Å²) < 4.78 is 11.3. The van der Waals surface area contributed by atoms with Crippen molar-refractivity contribution in [3.63, 3.8) is 0 Å². The maximum atomic E-state index is 11.2. The lowest BCUT2D eigenvalue weighted by molar-refractivity contribution is -0.231. The van der Waals surface area contributed by atoms with E-state index in [1.54, 1.807) is 0 Å². The maximum Gasteiger partial charge on any atom is 0.158 e. The highest BCUT2D eigenvalue weighted by molar-refractivity contribution is 5.61. The van der Waals surface area contributed by atoms with Crippen LogP contribution in [0.5, 0.6) is 0 Å². The second-order valence-corrected chi connectivity index (χ2v) is 5.78. The fourth-order valence-corrected chi connectivity index (χ4v) is 2.21. The molecule has 1 fully saturated rings. The fraction of sp³-hybridized carbons (Fsp3) is 0.769. The zero-order valence-corrected chi connectivity index (χ0v) is 10.1. The summed E-state index contributed by atoms with van der Waals surface area (Å²) in [6.07, 6.45) is 7.33. The van der Waals surface area contributed by atoms with Gasteiger partial charge >= 0.3 is 0 Å². The topological polar surface area (TPSA) is 35.5 Å². The normalized spacial score (nSPS) is 28.1. The Hall–Kier alpha value is -0.670. The summed E-state index contributed by atoms with van der Waals surface area (Å²) in [6, 6.07) is 0. The Labute approximate surface area is 96.8 Å². The minimum Gasteiger partial charge on any atom is -0.352 e. The van der Waals surface area contributed by atoms with Crippen LogP contribution in [-0.4, -0.2) is 25.8 Å². The summed E-state index contributed by atoms with van der Waals surface area (Å²) in [4.78, 5) is 11.2. The lowest BCUT2D eigenvalue weighted by Gasteiger charge is -2.37. The Balaban J connectivity index is 1.88. The van der Waals surface area contributed by atoms with Gasteiger partial charge in [0.2, 0.25) is 0 Å². The van der Waals surface area contributed by atoms with Crippen LogP contribution >= 0.6 is 0 Å². The van der Waals surface area contributed by atoms with E-state index in [1.807, 2.05) is 0 Å². The second-order valence-electron chi connectivity index (χ2n) is 5.78. The Bertz CT molecular complexity index is 276. The van der Waals surface area contributed by atoms with E-state index in [1.165, 1.54) is 0 Å². The highest BCUT2D eigenvalue weighted by atomic mass is 16.7. The summed E-state index contributed by atoms with van der Waals surface area (Å²) in [7, 11) is 0. The van der Waals surface area contributed by atoms with Crippen LogP contribution in [0.3, 0.4) is 0 Å². The first-order chi connectivity index (χ1) is 7.55. The van der Waals surface area contributed by atoms with Gasteiger partial charge in [0.05, 0.1) is 13.2 Å². The highest BCUT2D eigenvalue weighted by Crippen LogP contribution is 2.38. The average Bonchev–Trinajstić information content (AvgIpc) is 2.71. The monoisotopic (exact) mass is 224 g/mol. The van der Waals surface area contributed by atoms with E-state index in [0.29, 0.717) is 19.6 Å². The van der Waals surface area contributed by atoms with Crippen molar-refractivity contribution in [1.29, 1.82) is 0 Å². The van der Waals surface area contributed by atoms with E-state index in [-0.39, 0.29) is 17.1 Å². The van der Waals surface area contributed by atoms with Gasteiger partial charge in [0.15, 0.2) is 6.29 Å². The quantitative estimate of drug-likeness (QED) is 0.545. The van der Waals surface area contributed by atoms with Crippen LogP contribution < -0.4 is 0 Å². The molecule has 0 amide bonds. The van der Waals surface area contributed by atoms with Gasteiger partial charge in [-0.05, 0) is 12.8 Å². The van der Waals surface area contributed by atoms with Gasteiger partial charge < -0.3 is 14.3 Å². The lowest BCUT2D eigenvalue weighted by atomic mass is 9.83. The van der Waals surface area contributed by atoms with Crippen molar-refractivity contribution in [3.8, 4) is 0 Å². The van der Waals surface area contributed by atoms with Gasteiger partial charge in [0, 0.05) is 17.3 Å². The minimum absolute atomic E-state index is 0.0960. The molecule has 0 spiro atoms. The van der Waals surface area contributed by atoms with Crippen LogP contribution in [0.2, 0.25) is 0 Å². The van der Waals surface area contributed by atoms with E-state index < -0.39 is 0 Å². The molecule has 16 heavy (non-hydrogen) atoms. The van der Waals surface area contributed by atoms with Crippen LogP contribution in [0.25, 0.3) is 0 Å². The maximum absolute atomic E-state index is 11.2. The van der Waals surface area contributed by atoms with Crippen LogP contribution in [0, 0.1) is 10.8 Å². The number of carbonyl (C=O) groups excluding carboxylic acids is 1. The highest BCUT2D eigenvalue weighted by Gasteiger charge is 2.37. The van der Waals surface area contributed by atoms with Gasteiger partial charge in [0.1, 0.15) is 6.29 Å². The van der Waals surface area contributed by atoms with Crippen LogP contribution in [0.15, 0.2) is 12.2 Å². The van der Waals surface area contributed by atoms with Gasteiger partial charge in [0.25, 0.3) is 0 Å². The van der Waals surface area contributed by atoms with Crippen molar-refractivity contribution in [3.05, 3.63) is 12.2 Å². The smallest absolute Gasteiger partial charge is 0.158 e. The Kier molecular flexibility index (Phi) is 3.17. The number of hydrogen-bond acceptors (Lipinski definition) is 3. The third kappa shape index (κ3) is 2.53. The van der Waals surface area contributed by atoms with Gasteiger partial charge in [-0.2, -0.15) is 0 Å². The van der Waals surface area contributed by atoms with Crippen molar-refractivity contribution < 1.29 is 14.3 Å². The lowest BCUT2D eigenvalue weighted by Crippen LogP contribution is -2.40. The summed E-state index contributed by atoms with van der Waals surface area (Å²) in [5.41, 5.74) is -0.176. The van der Waals surface area contributed by atoms with Crippen molar-refractivity contribution in [2.45, 2.75) is 39.4 Å². The molecule has 0 bridgehead atoms. The summed E-state index contributed by atoms with van der Waals surface area (Å²) in [5.74, 6) is 0. The Morgan fingerprint density at radius 1 is 1.25 bits per heavy atom. The molecule has 3 heteroatoms. The first kappa shape index (κ1) is 11.8. The first-order valence-electron chi connectivity index (χ1n) is 5.90. The van der Waals surface area contributed by atoms with Crippen molar-refractivity contribution in [2.75, 3.05) is 13.2 Å². The summed E-state index contributed by atoms with van der Waals surface area (Å²) >= 11 is 0. The van der Waals surface area contributed by atoms with Crippen LogP contribution in [0.1, 0.15) is 33.1 Å².